The van der Waals surface area contributed by atoms with Gasteiger partial charge < -0.3 is 19.0 Å². The monoisotopic (exact) mass is 576 g/mol. The number of rotatable bonds is 17. The second-order valence-electron chi connectivity index (χ2n) is 12.8. The molecule has 0 fully saturated rings. The van der Waals surface area contributed by atoms with Crippen LogP contribution in [0.3, 0.4) is 0 Å². The molecule has 0 aliphatic carbocycles. The SMILES string of the molecule is C[C@@H](CCO)C[C@H](C)C[C@H](C)[C@@H](CO[Si](c1ccccc1)(c1ccccc1)C(C)(C)C)OCOCc1ccccc1. The predicted molar refractivity (Wildman–Crippen MR) is 173 cm³/mol. The zero-order valence-corrected chi connectivity index (χ0v) is 27.1. The Hall–Kier alpha value is -2.28. The van der Waals surface area contributed by atoms with E-state index in [1.165, 1.54) is 10.4 Å². The van der Waals surface area contributed by atoms with Gasteiger partial charge in [0.1, 0.15) is 6.79 Å². The zero-order valence-electron chi connectivity index (χ0n) is 26.1. The molecular formula is C36H52O4Si. The van der Waals surface area contributed by atoms with E-state index in [9.17, 15) is 5.11 Å². The van der Waals surface area contributed by atoms with Gasteiger partial charge in [-0.3, -0.25) is 0 Å². The normalized spacial score (nSPS) is 15.3. The molecule has 4 atom stereocenters. The highest BCUT2D eigenvalue weighted by molar-refractivity contribution is 6.99. The van der Waals surface area contributed by atoms with Gasteiger partial charge in [-0.1, -0.05) is 133 Å². The van der Waals surface area contributed by atoms with E-state index in [1.807, 2.05) is 18.2 Å². The summed E-state index contributed by atoms with van der Waals surface area (Å²) in [5, 5.41) is 11.8. The number of aliphatic hydroxyl groups excluding tert-OH is 1. The predicted octanol–water partition coefficient (Wildman–Crippen LogP) is 7.19. The molecular weight excluding hydrogens is 524 g/mol. The maximum absolute atomic E-state index is 9.38. The molecule has 0 bridgehead atoms. The average Bonchev–Trinajstić information content (AvgIpc) is 2.95. The molecule has 0 amide bonds. The van der Waals surface area contributed by atoms with Gasteiger partial charge in [0, 0.05) is 6.61 Å². The molecule has 0 aromatic heterocycles. The van der Waals surface area contributed by atoms with E-state index in [-0.39, 0.29) is 30.5 Å². The highest BCUT2D eigenvalue weighted by atomic mass is 28.4. The number of hydrogen-bond donors (Lipinski definition) is 1. The minimum absolute atomic E-state index is 0.0969. The molecule has 3 aromatic carbocycles. The van der Waals surface area contributed by atoms with Gasteiger partial charge in [0.25, 0.3) is 8.32 Å². The minimum Gasteiger partial charge on any atom is -0.405 e. The van der Waals surface area contributed by atoms with Crippen LogP contribution in [0.25, 0.3) is 0 Å². The molecule has 1 N–H and O–H groups in total. The average molecular weight is 577 g/mol. The van der Waals surface area contributed by atoms with E-state index in [1.54, 1.807) is 0 Å². The van der Waals surface area contributed by atoms with Crippen molar-refractivity contribution in [2.24, 2.45) is 17.8 Å². The molecule has 41 heavy (non-hydrogen) atoms. The number of hydrogen-bond acceptors (Lipinski definition) is 4. The van der Waals surface area contributed by atoms with Crippen LogP contribution in [0.1, 0.15) is 66.4 Å². The molecule has 0 spiro atoms. The summed E-state index contributed by atoms with van der Waals surface area (Å²) in [6.45, 7) is 15.3. The largest absolute Gasteiger partial charge is 0.405 e. The van der Waals surface area contributed by atoms with Crippen molar-refractivity contribution in [3.8, 4) is 0 Å². The molecule has 4 nitrogen and oxygen atoms in total. The third-order valence-electron chi connectivity index (χ3n) is 8.19. The Bertz CT molecular complexity index is 1060. The van der Waals surface area contributed by atoms with E-state index < -0.39 is 8.32 Å². The summed E-state index contributed by atoms with van der Waals surface area (Å²) in [4.78, 5) is 0. The third kappa shape index (κ3) is 9.62. The van der Waals surface area contributed by atoms with Crippen molar-refractivity contribution < 1.29 is 19.0 Å². The first-order chi connectivity index (χ1) is 19.7. The Morgan fingerprint density at radius 1 is 0.732 bits per heavy atom. The second kappa shape index (κ2) is 16.4. The fourth-order valence-electron chi connectivity index (χ4n) is 6.12. The van der Waals surface area contributed by atoms with Gasteiger partial charge in [-0.25, -0.2) is 0 Å². The number of ether oxygens (including phenoxy) is 2. The number of aliphatic hydroxyl groups is 1. The first-order valence-corrected chi connectivity index (χ1v) is 17.2. The highest BCUT2D eigenvalue weighted by Crippen LogP contribution is 2.37. The van der Waals surface area contributed by atoms with Crippen LogP contribution in [0.2, 0.25) is 5.04 Å². The van der Waals surface area contributed by atoms with Crippen LogP contribution in [0, 0.1) is 17.8 Å². The third-order valence-corrected chi connectivity index (χ3v) is 13.2. The summed E-state index contributed by atoms with van der Waals surface area (Å²) in [5.41, 5.74) is 1.13. The lowest BCUT2D eigenvalue weighted by molar-refractivity contribution is -0.123. The molecule has 5 heteroatoms. The van der Waals surface area contributed by atoms with E-state index in [4.69, 9.17) is 13.9 Å². The van der Waals surface area contributed by atoms with Gasteiger partial charge >= 0.3 is 0 Å². The molecule has 224 valence electrons. The first-order valence-electron chi connectivity index (χ1n) is 15.3. The van der Waals surface area contributed by atoms with Gasteiger partial charge in [-0.2, -0.15) is 0 Å². The first kappa shape index (κ1) is 33.2. The topological polar surface area (TPSA) is 47.9 Å². The summed E-state index contributed by atoms with van der Waals surface area (Å²) in [6, 6.07) is 31.8. The Morgan fingerprint density at radius 3 is 1.78 bits per heavy atom. The molecule has 0 saturated heterocycles. The van der Waals surface area contributed by atoms with E-state index >= 15 is 0 Å². The minimum atomic E-state index is -2.68. The molecule has 0 aliphatic heterocycles. The lowest BCUT2D eigenvalue weighted by Crippen LogP contribution is -2.67. The van der Waals surface area contributed by atoms with Crippen LogP contribution < -0.4 is 10.4 Å². The lowest BCUT2D eigenvalue weighted by Gasteiger charge is -2.44. The summed E-state index contributed by atoms with van der Waals surface area (Å²) in [6.07, 6.45) is 2.87. The Morgan fingerprint density at radius 2 is 1.27 bits per heavy atom. The Labute approximate surface area is 250 Å². The Balaban J connectivity index is 1.83. The standard InChI is InChI=1S/C36H52O4Si/c1-29(22-23-37)24-30(2)25-31(3)35(39-28-38-26-32-16-10-7-11-17-32)27-40-41(36(4,5)6,33-18-12-8-13-19-33)34-20-14-9-15-21-34/h7-21,29-31,35,37H,22-28H2,1-6H3/t29-,30-,31-,35+/m0/s1. The van der Waals surface area contributed by atoms with Gasteiger partial charge in [0.15, 0.2) is 0 Å². The van der Waals surface area contributed by atoms with Crippen LogP contribution >= 0.6 is 0 Å². The molecule has 0 radical (unpaired) electrons. The number of benzene rings is 3. The maximum Gasteiger partial charge on any atom is 0.261 e. The van der Waals surface area contributed by atoms with Crippen molar-refractivity contribution in [1.29, 1.82) is 0 Å². The molecule has 0 saturated carbocycles. The van der Waals surface area contributed by atoms with E-state index in [0.717, 1.165) is 24.8 Å². The van der Waals surface area contributed by atoms with E-state index in [0.29, 0.717) is 25.0 Å². The summed E-state index contributed by atoms with van der Waals surface area (Å²) in [5.74, 6) is 1.31. The van der Waals surface area contributed by atoms with Crippen LogP contribution in [-0.2, 0) is 20.5 Å². The van der Waals surface area contributed by atoms with E-state index in [2.05, 4.69) is 114 Å². The van der Waals surface area contributed by atoms with Crippen LogP contribution in [0.4, 0.5) is 0 Å². The van der Waals surface area contributed by atoms with Crippen molar-refractivity contribution in [3.05, 3.63) is 96.6 Å². The van der Waals surface area contributed by atoms with Crippen LogP contribution in [0.15, 0.2) is 91.0 Å². The molecule has 3 aromatic rings. The molecule has 0 aliphatic rings. The van der Waals surface area contributed by atoms with Crippen LogP contribution in [-0.4, -0.2) is 39.5 Å². The quantitative estimate of drug-likeness (QED) is 0.105. The smallest absolute Gasteiger partial charge is 0.261 e. The Kier molecular flexibility index (Phi) is 13.3. The maximum atomic E-state index is 9.38. The van der Waals surface area contributed by atoms with Gasteiger partial charge in [-0.15, -0.1) is 0 Å². The molecule has 3 rings (SSSR count). The summed E-state index contributed by atoms with van der Waals surface area (Å²) in [7, 11) is -2.68. The van der Waals surface area contributed by atoms with Crippen molar-refractivity contribution in [3.63, 3.8) is 0 Å². The summed E-state index contributed by atoms with van der Waals surface area (Å²) < 4.78 is 19.8. The summed E-state index contributed by atoms with van der Waals surface area (Å²) >= 11 is 0. The van der Waals surface area contributed by atoms with Gasteiger partial charge in [0.05, 0.1) is 19.3 Å². The lowest BCUT2D eigenvalue weighted by atomic mass is 9.86. The fraction of sp³-hybridized carbons (Fsp3) is 0.500. The van der Waals surface area contributed by atoms with Gasteiger partial charge in [0.2, 0.25) is 0 Å². The van der Waals surface area contributed by atoms with Crippen molar-refractivity contribution in [1.82, 2.24) is 0 Å². The zero-order chi connectivity index (χ0) is 29.7. The highest BCUT2D eigenvalue weighted by Gasteiger charge is 2.50. The van der Waals surface area contributed by atoms with Crippen molar-refractivity contribution >= 4 is 18.7 Å². The van der Waals surface area contributed by atoms with Crippen molar-refractivity contribution in [2.75, 3.05) is 20.0 Å². The molecule has 0 unspecified atom stereocenters. The van der Waals surface area contributed by atoms with Crippen molar-refractivity contribution in [2.45, 2.75) is 78.6 Å². The van der Waals surface area contributed by atoms with Crippen LogP contribution in [0.5, 0.6) is 0 Å². The van der Waals surface area contributed by atoms with Gasteiger partial charge in [-0.05, 0) is 58.0 Å². The fourth-order valence-corrected chi connectivity index (χ4v) is 10.7. The second-order valence-corrected chi connectivity index (χ2v) is 17.1. The molecule has 0 heterocycles.